The van der Waals surface area contributed by atoms with E-state index in [-0.39, 0.29) is 5.92 Å². The van der Waals surface area contributed by atoms with Crippen molar-refractivity contribution in [3.05, 3.63) is 28.9 Å². The number of nitrogens with two attached hydrogens (primary N) is 1. The Labute approximate surface area is 111 Å². The predicted molar refractivity (Wildman–Crippen MR) is 72.0 cm³/mol. The zero-order valence-corrected chi connectivity index (χ0v) is 11.3. The molecule has 0 aliphatic heterocycles. The number of hydrogen-bond donors (Lipinski definition) is 1. The van der Waals surface area contributed by atoms with Crippen LogP contribution in [-0.2, 0) is 0 Å². The summed E-state index contributed by atoms with van der Waals surface area (Å²) >= 11 is 6.11. The molecule has 0 aliphatic carbocycles. The highest BCUT2D eigenvalue weighted by atomic mass is 35.5. The van der Waals surface area contributed by atoms with Crippen LogP contribution in [0, 0.1) is 0 Å². The van der Waals surface area contributed by atoms with Crippen molar-refractivity contribution in [2.24, 2.45) is 0 Å². The molecule has 0 unspecified atom stereocenters. The third-order valence-electron chi connectivity index (χ3n) is 2.73. The minimum atomic E-state index is 0.224. The van der Waals surface area contributed by atoms with Gasteiger partial charge in [0.15, 0.2) is 0 Å². The second-order valence-corrected chi connectivity index (χ2v) is 4.72. The average Bonchev–Trinajstić information content (AvgIpc) is 2.71. The van der Waals surface area contributed by atoms with Crippen LogP contribution >= 0.6 is 11.6 Å². The monoisotopic (exact) mass is 266 g/mol. The van der Waals surface area contributed by atoms with Gasteiger partial charge in [-0.3, -0.25) is 0 Å². The molecule has 2 N–H and O–H groups in total. The lowest BCUT2D eigenvalue weighted by molar-refractivity contribution is 0.415. The molecule has 0 bridgehead atoms. The molecular formula is C13H15ClN2O2. The maximum Gasteiger partial charge on any atom is 0.230 e. The van der Waals surface area contributed by atoms with Crippen LogP contribution in [0.3, 0.4) is 0 Å². The Morgan fingerprint density at radius 3 is 2.67 bits per heavy atom. The molecule has 0 radical (unpaired) electrons. The van der Waals surface area contributed by atoms with Crippen molar-refractivity contribution in [3.63, 3.8) is 0 Å². The lowest BCUT2D eigenvalue weighted by Gasteiger charge is -2.08. The van der Waals surface area contributed by atoms with Gasteiger partial charge in [-0.1, -0.05) is 36.7 Å². The summed E-state index contributed by atoms with van der Waals surface area (Å²) in [6, 6.07) is 5.49. The molecule has 0 fully saturated rings. The number of ether oxygens (including phenoxy) is 1. The average molecular weight is 267 g/mol. The number of benzene rings is 1. The number of nitrogens with zero attached hydrogens (tertiary/aromatic N) is 1. The lowest BCUT2D eigenvalue weighted by Crippen LogP contribution is -1.93. The fourth-order valence-corrected chi connectivity index (χ4v) is 2.08. The van der Waals surface area contributed by atoms with E-state index >= 15 is 0 Å². The van der Waals surface area contributed by atoms with Gasteiger partial charge >= 0.3 is 0 Å². The summed E-state index contributed by atoms with van der Waals surface area (Å²) in [5.74, 6) is 1.16. The first kappa shape index (κ1) is 12.8. The van der Waals surface area contributed by atoms with E-state index in [1.807, 2.05) is 19.9 Å². The molecular weight excluding hydrogens is 252 g/mol. The van der Waals surface area contributed by atoms with E-state index in [2.05, 4.69) is 5.16 Å². The summed E-state index contributed by atoms with van der Waals surface area (Å²) in [7, 11) is 1.58. The van der Waals surface area contributed by atoms with Gasteiger partial charge in [-0.15, -0.1) is 0 Å². The number of anilines is 1. The molecule has 0 saturated heterocycles. The van der Waals surface area contributed by atoms with E-state index in [4.69, 9.17) is 26.6 Å². The van der Waals surface area contributed by atoms with Crippen molar-refractivity contribution in [1.82, 2.24) is 5.16 Å². The quantitative estimate of drug-likeness (QED) is 0.920. The first-order valence-corrected chi connectivity index (χ1v) is 6.01. The molecule has 0 saturated carbocycles. The largest absolute Gasteiger partial charge is 0.495 e. The summed E-state index contributed by atoms with van der Waals surface area (Å²) in [4.78, 5) is 0. The van der Waals surface area contributed by atoms with Gasteiger partial charge in [0.25, 0.3) is 0 Å². The summed E-state index contributed by atoms with van der Waals surface area (Å²) in [6.07, 6.45) is 0. The van der Waals surface area contributed by atoms with Crippen LogP contribution in [0.5, 0.6) is 5.75 Å². The van der Waals surface area contributed by atoms with Crippen LogP contribution < -0.4 is 10.5 Å². The molecule has 18 heavy (non-hydrogen) atoms. The smallest absolute Gasteiger partial charge is 0.230 e. The number of methoxy groups -OCH3 is 1. The Bertz CT molecular complexity index is 564. The molecule has 2 aromatic rings. The van der Waals surface area contributed by atoms with Crippen molar-refractivity contribution >= 4 is 17.5 Å². The second kappa shape index (κ2) is 4.90. The summed E-state index contributed by atoms with van der Waals surface area (Å²) in [6.45, 7) is 4.07. The van der Waals surface area contributed by atoms with Gasteiger partial charge in [0, 0.05) is 0 Å². The molecule has 0 amide bonds. The van der Waals surface area contributed by atoms with E-state index in [0.717, 1.165) is 16.8 Å². The van der Waals surface area contributed by atoms with Crippen LogP contribution in [0.2, 0.25) is 5.02 Å². The highest BCUT2D eigenvalue weighted by Crippen LogP contribution is 2.37. The van der Waals surface area contributed by atoms with Crippen molar-refractivity contribution in [2.45, 2.75) is 19.8 Å². The number of aromatic nitrogens is 1. The zero-order chi connectivity index (χ0) is 13.3. The predicted octanol–water partition coefficient (Wildman–Crippen LogP) is 3.71. The minimum Gasteiger partial charge on any atom is -0.495 e. The van der Waals surface area contributed by atoms with Crippen LogP contribution in [-0.4, -0.2) is 12.3 Å². The van der Waals surface area contributed by atoms with Gasteiger partial charge in [-0.25, -0.2) is 0 Å². The molecule has 0 aliphatic rings. The zero-order valence-electron chi connectivity index (χ0n) is 10.5. The molecule has 0 atom stereocenters. The van der Waals surface area contributed by atoms with Crippen molar-refractivity contribution in [1.29, 1.82) is 0 Å². The normalized spacial score (nSPS) is 10.9. The van der Waals surface area contributed by atoms with E-state index in [0.29, 0.717) is 16.7 Å². The van der Waals surface area contributed by atoms with Crippen LogP contribution in [0.4, 0.5) is 5.88 Å². The van der Waals surface area contributed by atoms with Crippen molar-refractivity contribution in [3.8, 4) is 16.9 Å². The summed E-state index contributed by atoms with van der Waals surface area (Å²) in [5, 5.41) is 4.52. The third-order valence-corrected chi connectivity index (χ3v) is 3.03. The maximum atomic E-state index is 6.11. The molecule has 1 heterocycles. The van der Waals surface area contributed by atoms with E-state index in [1.54, 1.807) is 19.2 Å². The number of nitrogen functional groups attached to an aromatic ring is 1. The first-order chi connectivity index (χ1) is 8.54. The molecule has 1 aromatic carbocycles. The fraction of sp³-hybridized carbons (Fsp3) is 0.308. The van der Waals surface area contributed by atoms with Gasteiger partial charge in [0.05, 0.1) is 23.4 Å². The fourth-order valence-electron chi connectivity index (χ4n) is 1.82. The van der Waals surface area contributed by atoms with Gasteiger partial charge in [0.2, 0.25) is 5.88 Å². The minimum absolute atomic E-state index is 0.224. The molecule has 0 spiro atoms. The molecule has 2 rings (SSSR count). The highest BCUT2D eigenvalue weighted by Gasteiger charge is 2.19. The van der Waals surface area contributed by atoms with Crippen LogP contribution in [0.1, 0.15) is 25.5 Å². The SMILES string of the molecule is COc1ccc(-c2c(C(C)C)noc2N)cc1Cl. The van der Waals surface area contributed by atoms with Gasteiger partial charge in [-0.2, -0.15) is 0 Å². The number of rotatable bonds is 3. The van der Waals surface area contributed by atoms with Gasteiger partial charge in [-0.05, 0) is 23.6 Å². The second-order valence-electron chi connectivity index (χ2n) is 4.31. The Kier molecular flexibility index (Phi) is 3.48. The first-order valence-electron chi connectivity index (χ1n) is 5.63. The molecule has 5 heteroatoms. The number of halogens is 1. The molecule has 96 valence electrons. The van der Waals surface area contributed by atoms with E-state index < -0.39 is 0 Å². The highest BCUT2D eigenvalue weighted by molar-refractivity contribution is 6.32. The lowest BCUT2D eigenvalue weighted by atomic mass is 9.99. The molecule has 4 nitrogen and oxygen atoms in total. The Morgan fingerprint density at radius 2 is 2.11 bits per heavy atom. The van der Waals surface area contributed by atoms with Crippen LogP contribution in [0.25, 0.3) is 11.1 Å². The van der Waals surface area contributed by atoms with E-state index in [9.17, 15) is 0 Å². The Morgan fingerprint density at radius 1 is 1.39 bits per heavy atom. The Hall–Kier alpha value is -1.68. The Balaban J connectivity index is 2.55. The van der Waals surface area contributed by atoms with Gasteiger partial charge in [0.1, 0.15) is 5.75 Å². The summed E-state index contributed by atoms with van der Waals surface area (Å²) in [5.41, 5.74) is 8.33. The molecule has 1 aromatic heterocycles. The standard InChI is InChI=1S/C13H15ClN2O2/c1-7(2)12-11(13(15)18-16-12)8-4-5-10(17-3)9(14)6-8/h4-7H,15H2,1-3H3. The maximum absolute atomic E-state index is 6.11. The van der Waals surface area contributed by atoms with Crippen LogP contribution in [0.15, 0.2) is 22.7 Å². The summed E-state index contributed by atoms with van der Waals surface area (Å²) < 4.78 is 10.2. The van der Waals surface area contributed by atoms with Gasteiger partial charge < -0.3 is 15.0 Å². The number of hydrogen-bond acceptors (Lipinski definition) is 4. The topological polar surface area (TPSA) is 61.3 Å². The van der Waals surface area contributed by atoms with Crippen molar-refractivity contribution < 1.29 is 9.26 Å². The third kappa shape index (κ3) is 2.16. The van der Waals surface area contributed by atoms with E-state index in [1.165, 1.54) is 0 Å². The van der Waals surface area contributed by atoms with Crippen molar-refractivity contribution in [2.75, 3.05) is 12.8 Å².